The number of aryl methyl sites for hydroxylation is 1. The number of aliphatic hydroxyl groups is 1. The van der Waals surface area contributed by atoms with Crippen LogP contribution in [0.5, 0.6) is 0 Å². The molecule has 3 heterocycles. The number of hydrogen-bond donors (Lipinski definition) is 1. The Morgan fingerprint density at radius 1 is 1.29 bits per heavy atom. The van der Waals surface area contributed by atoms with Crippen LogP contribution in [0.3, 0.4) is 0 Å². The van der Waals surface area contributed by atoms with Crippen molar-refractivity contribution < 1.29 is 5.11 Å². The minimum Gasteiger partial charge on any atom is -0.392 e. The molecule has 7 nitrogen and oxygen atoms in total. The highest BCUT2D eigenvalue weighted by molar-refractivity contribution is 9.10. The lowest BCUT2D eigenvalue weighted by atomic mass is 10.2. The summed E-state index contributed by atoms with van der Waals surface area (Å²) < 4.78 is 2.54. The summed E-state index contributed by atoms with van der Waals surface area (Å²) >= 11 is 3.50. The van der Waals surface area contributed by atoms with Crippen molar-refractivity contribution in [1.29, 1.82) is 0 Å². The van der Waals surface area contributed by atoms with Gasteiger partial charge in [-0.1, -0.05) is 0 Å². The maximum Gasteiger partial charge on any atom is 0.164 e. The predicted octanol–water partition coefficient (Wildman–Crippen LogP) is 0.629. The van der Waals surface area contributed by atoms with E-state index in [0.29, 0.717) is 0 Å². The normalized spacial score (nSPS) is 18.4. The fourth-order valence-electron chi connectivity index (χ4n) is 2.78. The molecule has 2 aromatic heterocycles. The molecule has 0 aromatic carbocycles. The minimum atomic E-state index is -0.283. The molecular formula is C13H19BrN6O. The van der Waals surface area contributed by atoms with Crippen molar-refractivity contribution in [2.24, 2.45) is 7.05 Å². The number of piperazine rings is 1. The molecular weight excluding hydrogens is 336 g/mol. The summed E-state index contributed by atoms with van der Waals surface area (Å²) in [6.45, 7) is 6.18. The number of hydrogen-bond acceptors (Lipinski definition) is 6. The number of aliphatic hydroxyl groups excluding tert-OH is 1. The van der Waals surface area contributed by atoms with Crippen molar-refractivity contribution in [2.45, 2.75) is 13.0 Å². The first-order valence-corrected chi connectivity index (χ1v) is 7.84. The first kappa shape index (κ1) is 14.7. The summed E-state index contributed by atoms with van der Waals surface area (Å²) in [7, 11) is 1.88. The number of anilines is 1. The Morgan fingerprint density at radius 2 is 2.00 bits per heavy atom. The second-order valence-electron chi connectivity index (χ2n) is 5.45. The maximum absolute atomic E-state index is 9.47. The summed E-state index contributed by atoms with van der Waals surface area (Å²) in [5.41, 5.74) is 0.832. The van der Waals surface area contributed by atoms with E-state index in [1.165, 1.54) is 0 Å². The third kappa shape index (κ3) is 2.88. The van der Waals surface area contributed by atoms with Gasteiger partial charge in [0.05, 0.1) is 11.5 Å². The molecule has 0 unspecified atom stereocenters. The van der Waals surface area contributed by atoms with Gasteiger partial charge in [-0.25, -0.2) is 14.6 Å². The van der Waals surface area contributed by atoms with Gasteiger partial charge < -0.3 is 10.0 Å². The molecule has 2 aromatic rings. The van der Waals surface area contributed by atoms with Crippen LogP contribution in [0.15, 0.2) is 10.9 Å². The van der Waals surface area contributed by atoms with Gasteiger partial charge in [-0.15, -0.1) is 0 Å². The fourth-order valence-corrected chi connectivity index (χ4v) is 3.37. The summed E-state index contributed by atoms with van der Waals surface area (Å²) in [6, 6.07) is 0. The Bertz CT molecular complexity index is 635. The van der Waals surface area contributed by atoms with E-state index >= 15 is 0 Å². The Kier molecular flexibility index (Phi) is 4.10. The van der Waals surface area contributed by atoms with Crippen molar-refractivity contribution >= 4 is 32.8 Å². The van der Waals surface area contributed by atoms with Gasteiger partial charge >= 0.3 is 0 Å². The van der Waals surface area contributed by atoms with Crippen molar-refractivity contribution in [1.82, 2.24) is 24.6 Å². The number of nitrogens with zero attached hydrogens (tertiary/aromatic N) is 6. The number of fused-ring (bicyclic) bond motifs is 1. The van der Waals surface area contributed by atoms with Crippen LogP contribution in [0.4, 0.5) is 5.82 Å². The lowest BCUT2D eigenvalue weighted by molar-refractivity contribution is 0.122. The van der Waals surface area contributed by atoms with Crippen molar-refractivity contribution in [3.8, 4) is 0 Å². The molecule has 1 saturated heterocycles. The van der Waals surface area contributed by atoms with Crippen LogP contribution in [0, 0.1) is 0 Å². The van der Waals surface area contributed by atoms with Gasteiger partial charge in [0, 0.05) is 39.8 Å². The Morgan fingerprint density at radius 3 is 2.67 bits per heavy atom. The van der Waals surface area contributed by atoms with Crippen molar-refractivity contribution in [3.63, 3.8) is 0 Å². The van der Waals surface area contributed by atoms with E-state index in [0.717, 1.165) is 54.2 Å². The van der Waals surface area contributed by atoms with Gasteiger partial charge in [0.15, 0.2) is 5.65 Å². The number of β-amino-alcohol motifs (C(OH)–C–C–N with tert-alkyl or cyclic N) is 1. The van der Waals surface area contributed by atoms with Gasteiger partial charge in [0.2, 0.25) is 0 Å². The second-order valence-corrected chi connectivity index (χ2v) is 6.20. The first-order chi connectivity index (χ1) is 10.1. The smallest absolute Gasteiger partial charge is 0.164 e. The van der Waals surface area contributed by atoms with Gasteiger partial charge in [-0.2, -0.15) is 5.10 Å². The standard InChI is InChI=1S/C13H19BrN6O/c1-9(21)7-19-3-5-20(6-4-19)13-10-11(14)17-18(2)12(10)15-8-16-13/h8-9,21H,3-7H2,1-2H3/t9-/m1/s1. The van der Waals surface area contributed by atoms with Gasteiger partial charge in [0.1, 0.15) is 16.7 Å². The van der Waals surface area contributed by atoms with E-state index in [4.69, 9.17) is 0 Å². The van der Waals surface area contributed by atoms with Crippen LogP contribution in [-0.4, -0.2) is 68.6 Å². The Labute approximate surface area is 131 Å². The average Bonchev–Trinajstić information content (AvgIpc) is 2.75. The van der Waals surface area contributed by atoms with Crippen molar-refractivity contribution in [3.05, 3.63) is 10.9 Å². The summed E-state index contributed by atoms with van der Waals surface area (Å²) in [4.78, 5) is 13.3. The van der Waals surface area contributed by atoms with E-state index in [1.807, 2.05) is 14.0 Å². The highest BCUT2D eigenvalue weighted by Gasteiger charge is 2.23. The first-order valence-electron chi connectivity index (χ1n) is 7.05. The molecule has 1 aliphatic heterocycles. The molecule has 1 fully saturated rings. The molecule has 0 saturated carbocycles. The zero-order valence-electron chi connectivity index (χ0n) is 12.2. The maximum atomic E-state index is 9.47. The van der Waals surface area contributed by atoms with Crippen LogP contribution >= 0.6 is 15.9 Å². The number of rotatable bonds is 3. The lowest BCUT2D eigenvalue weighted by Crippen LogP contribution is -2.48. The van der Waals surface area contributed by atoms with E-state index in [-0.39, 0.29) is 6.10 Å². The van der Waals surface area contributed by atoms with E-state index in [1.54, 1.807) is 11.0 Å². The molecule has 8 heteroatoms. The highest BCUT2D eigenvalue weighted by atomic mass is 79.9. The van der Waals surface area contributed by atoms with E-state index in [2.05, 4.69) is 40.8 Å². The molecule has 1 atom stereocenters. The zero-order valence-corrected chi connectivity index (χ0v) is 13.8. The quantitative estimate of drug-likeness (QED) is 0.871. The third-order valence-electron chi connectivity index (χ3n) is 3.75. The number of halogens is 1. The molecule has 0 radical (unpaired) electrons. The van der Waals surface area contributed by atoms with Crippen LogP contribution in [0.2, 0.25) is 0 Å². The van der Waals surface area contributed by atoms with Crippen LogP contribution in [-0.2, 0) is 7.05 Å². The molecule has 0 spiro atoms. The molecule has 0 aliphatic carbocycles. The molecule has 114 valence electrons. The van der Waals surface area contributed by atoms with E-state index in [9.17, 15) is 5.11 Å². The predicted molar refractivity (Wildman–Crippen MR) is 84.3 cm³/mol. The van der Waals surface area contributed by atoms with Crippen LogP contribution in [0.25, 0.3) is 11.0 Å². The molecule has 3 rings (SSSR count). The average molecular weight is 355 g/mol. The minimum absolute atomic E-state index is 0.283. The molecule has 1 aliphatic rings. The van der Waals surface area contributed by atoms with Gasteiger partial charge in [0.25, 0.3) is 0 Å². The molecule has 21 heavy (non-hydrogen) atoms. The summed E-state index contributed by atoms with van der Waals surface area (Å²) in [5, 5.41) is 14.8. The zero-order chi connectivity index (χ0) is 15.0. The monoisotopic (exact) mass is 354 g/mol. The fraction of sp³-hybridized carbons (Fsp3) is 0.615. The molecule has 1 N–H and O–H groups in total. The van der Waals surface area contributed by atoms with E-state index < -0.39 is 0 Å². The number of aromatic nitrogens is 4. The summed E-state index contributed by atoms with van der Waals surface area (Å²) in [5.74, 6) is 0.927. The largest absolute Gasteiger partial charge is 0.392 e. The lowest BCUT2D eigenvalue weighted by Gasteiger charge is -2.36. The SMILES string of the molecule is C[C@@H](O)CN1CCN(c2ncnc3c2c(Br)nn3C)CC1. The van der Waals surface area contributed by atoms with Gasteiger partial charge in [-0.3, -0.25) is 4.90 Å². The second kappa shape index (κ2) is 5.86. The highest BCUT2D eigenvalue weighted by Crippen LogP contribution is 2.29. The van der Waals surface area contributed by atoms with Crippen LogP contribution in [0.1, 0.15) is 6.92 Å². The Hall–Kier alpha value is -1.25. The Balaban J connectivity index is 1.83. The van der Waals surface area contributed by atoms with Crippen molar-refractivity contribution in [2.75, 3.05) is 37.6 Å². The topological polar surface area (TPSA) is 70.3 Å². The van der Waals surface area contributed by atoms with Gasteiger partial charge in [-0.05, 0) is 22.9 Å². The third-order valence-corrected chi connectivity index (χ3v) is 4.31. The molecule has 0 bridgehead atoms. The van der Waals surface area contributed by atoms with Crippen LogP contribution < -0.4 is 4.90 Å². The molecule has 0 amide bonds. The summed E-state index contributed by atoms with van der Waals surface area (Å²) in [6.07, 6.45) is 1.31.